The fourth-order valence-corrected chi connectivity index (χ4v) is 6.51. The maximum atomic E-state index is 11.8. The zero-order valence-corrected chi connectivity index (χ0v) is 24.6. The lowest BCUT2D eigenvalue weighted by Crippen LogP contribution is -2.41. The Kier molecular flexibility index (Phi) is 8.00. The van der Waals surface area contributed by atoms with Crippen molar-refractivity contribution in [1.82, 2.24) is 14.3 Å². The van der Waals surface area contributed by atoms with Gasteiger partial charge in [0, 0.05) is 49.2 Å². The van der Waals surface area contributed by atoms with Gasteiger partial charge >= 0.3 is 0 Å². The van der Waals surface area contributed by atoms with Gasteiger partial charge in [0.15, 0.2) is 8.32 Å². The standard InChI is InChI=1S/C26H43N5O3SSi/c1-26(2,3)36(5,6)34-19-22-16-20-18-27-24(28-21-10-14-31(15-11-21)35(4,32)33)17-23(20)25(29-22)30-12-8-7-9-13-30/h16-18,21H,7-15,19H2,1-6H3,(H,27,28). The SMILES string of the molecule is CC(C)(C)[Si](C)(C)OCc1cc2cnc(NC3CCN(S(C)(=O)=O)CC3)cc2c(N2CCCCC2)n1. The van der Waals surface area contributed by atoms with E-state index < -0.39 is 18.3 Å². The van der Waals surface area contributed by atoms with Crippen LogP contribution in [-0.4, -0.2) is 69.5 Å². The van der Waals surface area contributed by atoms with Gasteiger partial charge in [0.25, 0.3) is 0 Å². The van der Waals surface area contributed by atoms with E-state index in [9.17, 15) is 8.42 Å². The van der Waals surface area contributed by atoms with E-state index >= 15 is 0 Å². The van der Waals surface area contributed by atoms with Crippen LogP contribution in [0.4, 0.5) is 11.6 Å². The second kappa shape index (κ2) is 10.5. The van der Waals surface area contributed by atoms with Gasteiger partial charge in [-0.05, 0) is 62.4 Å². The molecule has 2 aliphatic rings. The Hall–Kier alpha value is -1.75. The average Bonchev–Trinajstić information content (AvgIpc) is 2.82. The third kappa shape index (κ3) is 6.38. The minimum Gasteiger partial charge on any atom is -0.411 e. The normalized spacial score (nSPS) is 19.1. The third-order valence-electron chi connectivity index (χ3n) is 8.06. The second-order valence-corrected chi connectivity index (χ2v) is 18.7. The molecule has 36 heavy (non-hydrogen) atoms. The number of anilines is 2. The topological polar surface area (TPSA) is 87.7 Å². The van der Waals surface area contributed by atoms with Crippen molar-refractivity contribution in [2.24, 2.45) is 0 Å². The van der Waals surface area contributed by atoms with Crippen LogP contribution in [0.2, 0.25) is 18.1 Å². The molecule has 4 heterocycles. The Labute approximate surface area is 218 Å². The maximum absolute atomic E-state index is 11.8. The van der Waals surface area contributed by atoms with Crippen LogP contribution in [-0.2, 0) is 21.1 Å². The fourth-order valence-electron chi connectivity index (χ4n) is 4.69. The summed E-state index contributed by atoms with van der Waals surface area (Å²) in [5, 5.41) is 5.90. The predicted molar refractivity (Wildman–Crippen MR) is 151 cm³/mol. The van der Waals surface area contributed by atoms with Crippen LogP contribution in [0.15, 0.2) is 18.3 Å². The van der Waals surface area contributed by atoms with Crippen molar-refractivity contribution in [3.05, 3.63) is 24.0 Å². The molecule has 2 saturated heterocycles. The van der Waals surface area contributed by atoms with Crippen LogP contribution in [0.1, 0.15) is 58.6 Å². The molecule has 0 saturated carbocycles. The highest BCUT2D eigenvalue weighted by Gasteiger charge is 2.37. The molecule has 8 nitrogen and oxygen atoms in total. The van der Waals surface area contributed by atoms with Gasteiger partial charge < -0.3 is 14.6 Å². The number of nitrogens with zero attached hydrogens (tertiary/aromatic N) is 4. The summed E-state index contributed by atoms with van der Waals surface area (Å²) < 4.78 is 31.7. The van der Waals surface area contributed by atoms with Gasteiger partial charge in [-0.3, -0.25) is 0 Å². The number of nitrogens with one attached hydrogen (secondary N) is 1. The molecule has 0 unspecified atom stereocenters. The Morgan fingerprint density at radius 2 is 1.75 bits per heavy atom. The third-order valence-corrected chi connectivity index (χ3v) is 13.8. The molecule has 200 valence electrons. The van der Waals surface area contributed by atoms with Crippen LogP contribution in [0.5, 0.6) is 0 Å². The molecule has 0 spiro atoms. The fraction of sp³-hybridized carbons (Fsp3) is 0.692. The Morgan fingerprint density at radius 1 is 1.08 bits per heavy atom. The first kappa shape index (κ1) is 27.3. The average molecular weight is 534 g/mol. The molecular weight excluding hydrogens is 490 g/mol. The van der Waals surface area contributed by atoms with Gasteiger partial charge in [0.1, 0.15) is 11.6 Å². The molecule has 0 aromatic carbocycles. The van der Waals surface area contributed by atoms with E-state index in [1.165, 1.54) is 25.5 Å². The summed E-state index contributed by atoms with van der Waals surface area (Å²) in [4.78, 5) is 12.3. The van der Waals surface area contributed by atoms with Crippen LogP contribution in [0.3, 0.4) is 0 Å². The second-order valence-electron chi connectivity index (χ2n) is 11.9. The molecule has 2 aromatic heterocycles. The van der Waals surface area contributed by atoms with E-state index in [-0.39, 0.29) is 11.1 Å². The van der Waals surface area contributed by atoms with Gasteiger partial charge in [-0.25, -0.2) is 22.7 Å². The molecule has 0 bridgehead atoms. The Morgan fingerprint density at radius 3 is 2.36 bits per heavy atom. The summed E-state index contributed by atoms with van der Waals surface area (Å²) in [6.07, 6.45) is 8.40. The molecule has 2 aliphatic heterocycles. The van der Waals surface area contributed by atoms with Gasteiger partial charge in [-0.2, -0.15) is 0 Å². The lowest BCUT2D eigenvalue weighted by atomic mass is 10.1. The van der Waals surface area contributed by atoms with Crippen molar-refractivity contribution in [2.75, 3.05) is 42.7 Å². The highest BCUT2D eigenvalue weighted by Crippen LogP contribution is 2.37. The van der Waals surface area contributed by atoms with Crippen molar-refractivity contribution < 1.29 is 12.8 Å². The summed E-state index contributed by atoms with van der Waals surface area (Å²) in [7, 11) is -5.01. The van der Waals surface area contributed by atoms with E-state index in [2.05, 4.69) is 56.2 Å². The van der Waals surface area contributed by atoms with Crippen molar-refractivity contribution >= 4 is 40.7 Å². The van der Waals surface area contributed by atoms with Crippen LogP contribution < -0.4 is 10.2 Å². The number of piperidine rings is 2. The van der Waals surface area contributed by atoms with Gasteiger partial charge in [0.2, 0.25) is 10.0 Å². The monoisotopic (exact) mass is 533 g/mol. The summed E-state index contributed by atoms with van der Waals surface area (Å²) >= 11 is 0. The highest BCUT2D eigenvalue weighted by molar-refractivity contribution is 7.88. The number of hydrogen-bond donors (Lipinski definition) is 1. The van der Waals surface area contributed by atoms with E-state index in [1.807, 2.05) is 6.20 Å². The van der Waals surface area contributed by atoms with E-state index in [0.717, 1.165) is 54.0 Å². The molecule has 4 rings (SSSR count). The highest BCUT2D eigenvalue weighted by atomic mass is 32.2. The predicted octanol–water partition coefficient (Wildman–Crippen LogP) is 4.98. The molecule has 10 heteroatoms. The molecule has 0 amide bonds. The number of sulfonamides is 1. The molecule has 1 N–H and O–H groups in total. The zero-order valence-electron chi connectivity index (χ0n) is 22.8. The number of aromatic nitrogens is 2. The zero-order chi connectivity index (χ0) is 26.1. The molecular formula is C26H43N5O3SSi. The largest absolute Gasteiger partial charge is 0.411 e. The van der Waals surface area contributed by atoms with Crippen LogP contribution in [0, 0.1) is 0 Å². The maximum Gasteiger partial charge on any atom is 0.211 e. The van der Waals surface area contributed by atoms with Crippen LogP contribution in [0.25, 0.3) is 10.8 Å². The first-order valence-electron chi connectivity index (χ1n) is 13.2. The lowest BCUT2D eigenvalue weighted by molar-refractivity contribution is 0.272. The van der Waals surface area contributed by atoms with Gasteiger partial charge in [0.05, 0.1) is 18.6 Å². The van der Waals surface area contributed by atoms with Gasteiger partial charge in [-0.1, -0.05) is 20.8 Å². The van der Waals surface area contributed by atoms with Crippen LogP contribution >= 0.6 is 0 Å². The summed E-state index contributed by atoms with van der Waals surface area (Å²) in [6, 6.07) is 4.45. The van der Waals surface area contributed by atoms with Crippen molar-refractivity contribution in [3.63, 3.8) is 0 Å². The molecule has 0 aliphatic carbocycles. The Balaban J connectivity index is 1.58. The summed E-state index contributed by atoms with van der Waals surface area (Å²) in [5.41, 5.74) is 0.962. The molecule has 2 fully saturated rings. The van der Waals surface area contributed by atoms with Gasteiger partial charge in [-0.15, -0.1) is 0 Å². The number of fused-ring (bicyclic) bond motifs is 1. The first-order valence-corrected chi connectivity index (χ1v) is 18.0. The summed E-state index contributed by atoms with van der Waals surface area (Å²) in [5.74, 6) is 1.85. The molecule has 0 atom stereocenters. The number of hydrogen-bond acceptors (Lipinski definition) is 7. The minimum atomic E-state index is -3.13. The van der Waals surface area contributed by atoms with Crippen molar-refractivity contribution in [3.8, 4) is 0 Å². The summed E-state index contributed by atoms with van der Waals surface area (Å²) in [6.45, 7) is 15.0. The number of rotatable bonds is 7. The molecule has 0 radical (unpaired) electrons. The smallest absolute Gasteiger partial charge is 0.211 e. The molecule has 2 aromatic rings. The number of pyridine rings is 2. The Bertz CT molecular complexity index is 1170. The lowest BCUT2D eigenvalue weighted by Gasteiger charge is -2.36. The van der Waals surface area contributed by atoms with Crippen molar-refractivity contribution in [2.45, 2.75) is 83.7 Å². The van der Waals surface area contributed by atoms with E-state index in [0.29, 0.717) is 19.7 Å². The first-order chi connectivity index (χ1) is 16.8. The minimum absolute atomic E-state index is 0.152. The van der Waals surface area contributed by atoms with Crippen molar-refractivity contribution in [1.29, 1.82) is 0 Å². The quantitative estimate of drug-likeness (QED) is 0.502. The van der Waals surface area contributed by atoms with E-state index in [1.54, 1.807) is 4.31 Å². The van der Waals surface area contributed by atoms with E-state index in [4.69, 9.17) is 14.4 Å².